The molecule has 0 saturated carbocycles. The first-order valence-electron chi connectivity index (χ1n) is 8.66. The van der Waals surface area contributed by atoms with Gasteiger partial charge in [-0.3, -0.25) is 0 Å². The number of alkyl halides is 2. The predicted molar refractivity (Wildman–Crippen MR) is 102 cm³/mol. The SMILES string of the molecule is CC.Fc1cc(OC(F)(F)c2ccc(Br)c(F)c2F)ccc1-c1cc(F)c(F)c(F)c1. The summed E-state index contributed by atoms with van der Waals surface area (Å²) < 4.78 is 114. The highest BCUT2D eigenvalue weighted by molar-refractivity contribution is 9.10. The number of ether oxygens (including phenoxy) is 1. The molecule has 31 heavy (non-hydrogen) atoms. The lowest BCUT2D eigenvalue weighted by atomic mass is 10.0. The molecule has 0 radical (unpaired) electrons. The zero-order chi connectivity index (χ0) is 23.5. The molecule has 0 N–H and O–H groups in total. The summed E-state index contributed by atoms with van der Waals surface area (Å²) in [5, 5.41) is 0. The standard InChI is InChI=1S/C19H7BrF8O.C2H6/c20-12-4-3-11(16(24)17(12)25)19(27,28)29-9-1-2-10(13(21)7-9)8-5-14(22)18(26)15(23)6-8;1-2/h1-7H;1-2H3. The third kappa shape index (κ3) is 5.17. The Bertz CT molecular complexity index is 1080. The fourth-order valence-corrected chi connectivity index (χ4v) is 2.76. The highest BCUT2D eigenvalue weighted by Crippen LogP contribution is 2.37. The summed E-state index contributed by atoms with van der Waals surface area (Å²) in [6.45, 7) is 4.00. The smallest absolute Gasteiger partial charge is 0.429 e. The van der Waals surface area contributed by atoms with Gasteiger partial charge >= 0.3 is 6.11 Å². The van der Waals surface area contributed by atoms with E-state index in [1.165, 1.54) is 0 Å². The van der Waals surface area contributed by atoms with Crippen molar-refractivity contribution in [2.75, 3.05) is 0 Å². The van der Waals surface area contributed by atoms with E-state index >= 15 is 0 Å². The van der Waals surface area contributed by atoms with Gasteiger partial charge in [0.15, 0.2) is 29.1 Å². The normalized spacial score (nSPS) is 11.1. The topological polar surface area (TPSA) is 9.23 Å². The van der Waals surface area contributed by atoms with E-state index in [4.69, 9.17) is 0 Å². The Morgan fingerprint density at radius 2 is 1.29 bits per heavy atom. The molecule has 1 nitrogen and oxygen atoms in total. The van der Waals surface area contributed by atoms with Gasteiger partial charge in [0.1, 0.15) is 17.1 Å². The summed E-state index contributed by atoms with van der Waals surface area (Å²) in [5.41, 5.74) is -2.25. The first-order chi connectivity index (χ1) is 14.5. The number of hydrogen-bond acceptors (Lipinski definition) is 1. The van der Waals surface area contributed by atoms with Crippen LogP contribution in [-0.2, 0) is 6.11 Å². The third-order valence-electron chi connectivity index (χ3n) is 3.83. The van der Waals surface area contributed by atoms with E-state index in [0.29, 0.717) is 24.3 Å². The molecule has 0 saturated heterocycles. The van der Waals surface area contributed by atoms with Crippen molar-refractivity contribution in [1.82, 2.24) is 0 Å². The van der Waals surface area contributed by atoms with Crippen LogP contribution in [-0.4, -0.2) is 0 Å². The van der Waals surface area contributed by atoms with Gasteiger partial charge in [0.25, 0.3) is 0 Å². The number of rotatable bonds is 4. The second-order valence-electron chi connectivity index (χ2n) is 5.74. The molecule has 0 aliphatic carbocycles. The van der Waals surface area contributed by atoms with Crippen LogP contribution in [0.5, 0.6) is 5.75 Å². The summed E-state index contributed by atoms with van der Waals surface area (Å²) in [7, 11) is 0. The molecule has 0 unspecified atom stereocenters. The minimum atomic E-state index is -4.37. The molecule has 0 aromatic heterocycles. The minimum absolute atomic E-state index is 0.385. The van der Waals surface area contributed by atoms with Crippen LogP contribution < -0.4 is 4.74 Å². The molecular weight excluding hydrogens is 500 g/mol. The summed E-state index contributed by atoms with van der Waals surface area (Å²) >= 11 is 2.64. The van der Waals surface area contributed by atoms with Crippen LogP contribution in [0.15, 0.2) is 46.9 Å². The van der Waals surface area contributed by atoms with Gasteiger partial charge in [-0.15, -0.1) is 0 Å². The van der Waals surface area contributed by atoms with E-state index in [2.05, 4.69) is 20.7 Å². The summed E-state index contributed by atoms with van der Waals surface area (Å²) in [4.78, 5) is 0. The van der Waals surface area contributed by atoms with E-state index in [9.17, 15) is 35.1 Å². The molecule has 10 heteroatoms. The number of hydrogen-bond donors (Lipinski definition) is 0. The molecule has 3 aromatic carbocycles. The summed E-state index contributed by atoms with van der Waals surface area (Å²) in [5.74, 6) is -10.3. The molecule has 0 atom stereocenters. The van der Waals surface area contributed by atoms with Crippen molar-refractivity contribution in [2.24, 2.45) is 0 Å². The lowest BCUT2D eigenvalue weighted by Crippen LogP contribution is -2.24. The van der Waals surface area contributed by atoms with Gasteiger partial charge in [-0.05, 0) is 57.9 Å². The number of halogens is 9. The molecule has 0 fully saturated rings. The second-order valence-corrected chi connectivity index (χ2v) is 6.59. The molecule has 0 amide bonds. The Hall–Kier alpha value is -2.62. The maximum Gasteiger partial charge on any atom is 0.429 e. The van der Waals surface area contributed by atoms with E-state index in [0.717, 1.165) is 18.2 Å². The molecule has 0 bridgehead atoms. The first kappa shape index (κ1) is 24.6. The molecule has 166 valence electrons. The quantitative estimate of drug-likeness (QED) is 0.253. The zero-order valence-electron chi connectivity index (χ0n) is 15.9. The van der Waals surface area contributed by atoms with Crippen molar-refractivity contribution in [3.05, 3.63) is 87.4 Å². The lowest BCUT2D eigenvalue weighted by molar-refractivity contribution is -0.187. The van der Waals surface area contributed by atoms with E-state index in [-0.39, 0.29) is 4.47 Å². The fourth-order valence-electron chi connectivity index (χ4n) is 2.46. The maximum absolute atomic E-state index is 14.3. The van der Waals surface area contributed by atoms with Crippen molar-refractivity contribution < 1.29 is 39.9 Å². The Labute approximate surface area is 180 Å². The van der Waals surface area contributed by atoms with Gasteiger partial charge in [-0.2, -0.15) is 8.78 Å². The Morgan fingerprint density at radius 3 is 1.84 bits per heavy atom. The van der Waals surface area contributed by atoms with Crippen molar-refractivity contribution >= 4 is 15.9 Å². The van der Waals surface area contributed by atoms with Crippen LogP contribution in [0.2, 0.25) is 0 Å². The third-order valence-corrected chi connectivity index (χ3v) is 4.44. The van der Waals surface area contributed by atoms with Crippen molar-refractivity contribution in [3.8, 4) is 16.9 Å². The Balaban J connectivity index is 0.00000166. The fraction of sp³-hybridized carbons (Fsp3) is 0.143. The van der Waals surface area contributed by atoms with Gasteiger partial charge in [-0.1, -0.05) is 13.8 Å². The average Bonchev–Trinajstić information content (AvgIpc) is 2.71. The van der Waals surface area contributed by atoms with Gasteiger partial charge < -0.3 is 4.74 Å². The van der Waals surface area contributed by atoms with Crippen LogP contribution in [0.25, 0.3) is 11.1 Å². The van der Waals surface area contributed by atoms with Crippen LogP contribution in [0.1, 0.15) is 19.4 Å². The van der Waals surface area contributed by atoms with Crippen LogP contribution >= 0.6 is 15.9 Å². The van der Waals surface area contributed by atoms with E-state index in [1.54, 1.807) is 0 Å². The predicted octanol–water partition coefficient (Wildman–Crippen LogP) is 8.11. The molecule has 0 spiro atoms. The van der Waals surface area contributed by atoms with E-state index in [1.807, 2.05) is 13.8 Å². The van der Waals surface area contributed by atoms with Crippen molar-refractivity contribution in [3.63, 3.8) is 0 Å². The number of benzene rings is 3. The summed E-state index contributed by atoms with van der Waals surface area (Å²) in [6, 6.07) is 4.58. The van der Waals surface area contributed by atoms with Crippen LogP contribution in [0.4, 0.5) is 35.1 Å². The van der Waals surface area contributed by atoms with E-state index < -0.39 is 63.5 Å². The largest absolute Gasteiger partial charge is 0.429 e. The zero-order valence-corrected chi connectivity index (χ0v) is 17.4. The van der Waals surface area contributed by atoms with Crippen molar-refractivity contribution in [1.29, 1.82) is 0 Å². The molecular formula is C21H13BrF8O. The highest BCUT2D eigenvalue weighted by Gasteiger charge is 2.39. The first-order valence-corrected chi connectivity index (χ1v) is 9.46. The molecule has 0 aliphatic rings. The second kappa shape index (κ2) is 9.67. The van der Waals surface area contributed by atoms with Gasteiger partial charge in [0.2, 0.25) is 0 Å². The molecule has 3 aromatic rings. The van der Waals surface area contributed by atoms with Crippen molar-refractivity contribution in [2.45, 2.75) is 20.0 Å². The van der Waals surface area contributed by atoms with Crippen LogP contribution in [0.3, 0.4) is 0 Å². The Morgan fingerprint density at radius 1 is 0.710 bits per heavy atom. The molecule has 0 aliphatic heterocycles. The lowest BCUT2D eigenvalue weighted by Gasteiger charge is -2.19. The average molecular weight is 513 g/mol. The van der Waals surface area contributed by atoms with Gasteiger partial charge in [0, 0.05) is 11.6 Å². The highest BCUT2D eigenvalue weighted by atomic mass is 79.9. The monoisotopic (exact) mass is 512 g/mol. The summed E-state index contributed by atoms with van der Waals surface area (Å²) in [6.07, 6.45) is -4.37. The van der Waals surface area contributed by atoms with Gasteiger partial charge in [-0.25, -0.2) is 26.3 Å². The maximum atomic E-state index is 14.3. The van der Waals surface area contributed by atoms with Gasteiger partial charge in [0.05, 0.1) is 4.47 Å². The minimum Gasteiger partial charge on any atom is -0.429 e. The molecule has 3 rings (SSSR count). The molecule has 0 heterocycles. The Kier molecular flexibility index (Phi) is 7.69. The van der Waals surface area contributed by atoms with Crippen LogP contribution in [0, 0.1) is 34.9 Å².